The molecule has 0 spiro atoms. The van der Waals surface area contributed by atoms with Crippen molar-refractivity contribution in [1.82, 2.24) is 9.55 Å². The van der Waals surface area contributed by atoms with E-state index in [9.17, 15) is 9.69 Å². The summed E-state index contributed by atoms with van der Waals surface area (Å²) >= 11 is 0. The van der Waals surface area contributed by atoms with Crippen LogP contribution in [0.5, 0.6) is 0 Å². The second kappa shape index (κ2) is 4.88. The molecule has 2 atom stereocenters. The van der Waals surface area contributed by atoms with Gasteiger partial charge in [-0.05, 0) is 6.07 Å². The SMILES string of the molecule is Nc1ccn(C[C@@H]2CCO[PH+]([O-])O2)c(=O)n1. The van der Waals surface area contributed by atoms with Crippen molar-refractivity contribution in [2.24, 2.45) is 0 Å². The lowest BCUT2D eigenvalue weighted by Crippen LogP contribution is -2.32. The van der Waals surface area contributed by atoms with Gasteiger partial charge in [0, 0.05) is 12.6 Å². The van der Waals surface area contributed by atoms with E-state index in [-0.39, 0.29) is 11.9 Å². The van der Waals surface area contributed by atoms with Gasteiger partial charge < -0.3 is 10.6 Å². The standard InChI is InChI=1S/C8H12N3O4P/c9-7-1-3-11(8(12)10-7)5-6-2-4-14-16(13)15-6/h1,3,6,16H,2,4-5H2,(H2,9,10,12)/t6-/m0/s1. The maximum Gasteiger partial charge on any atom is 0.349 e. The van der Waals surface area contributed by atoms with E-state index in [4.69, 9.17) is 14.8 Å². The monoisotopic (exact) mass is 245 g/mol. The van der Waals surface area contributed by atoms with Crippen molar-refractivity contribution in [3.63, 3.8) is 0 Å². The summed E-state index contributed by atoms with van der Waals surface area (Å²) in [7, 11) is -2.39. The lowest BCUT2D eigenvalue weighted by Gasteiger charge is -2.24. The third kappa shape index (κ3) is 2.76. The number of nitrogen functional groups attached to an aromatic ring is 1. The summed E-state index contributed by atoms with van der Waals surface area (Å²) in [5.74, 6) is 0.183. The largest absolute Gasteiger partial charge is 0.633 e. The molecule has 1 saturated heterocycles. The van der Waals surface area contributed by atoms with Crippen LogP contribution in [0.15, 0.2) is 17.1 Å². The number of hydrogen-bond donors (Lipinski definition) is 1. The summed E-state index contributed by atoms with van der Waals surface area (Å²) in [6.45, 7) is 0.700. The Balaban J connectivity index is 2.06. The van der Waals surface area contributed by atoms with E-state index in [1.165, 1.54) is 10.6 Å². The van der Waals surface area contributed by atoms with Gasteiger partial charge in [0.2, 0.25) is 8.60 Å². The zero-order valence-electron chi connectivity index (χ0n) is 8.46. The highest BCUT2D eigenvalue weighted by molar-refractivity contribution is 7.39. The van der Waals surface area contributed by atoms with E-state index in [1.807, 2.05) is 0 Å². The molecule has 1 unspecified atom stereocenters. The fourth-order valence-electron chi connectivity index (χ4n) is 1.43. The molecule has 88 valence electrons. The summed E-state index contributed by atoms with van der Waals surface area (Å²) in [6, 6.07) is 1.53. The highest BCUT2D eigenvalue weighted by atomic mass is 31.2. The van der Waals surface area contributed by atoms with Crippen LogP contribution >= 0.6 is 8.60 Å². The van der Waals surface area contributed by atoms with Gasteiger partial charge in [-0.3, -0.25) is 4.57 Å². The Bertz CT molecular complexity index is 424. The Kier molecular flexibility index (Phi) is 3.50. The highest BCUT2D eigenvalue weighted by Gasteiger charge is 2.24. The predicted molar refractivity (Wildman–Crippen MR) is 56.7 cm³/mol. The molecule has 0 amide bonds. The third-order valence-corrected chi connectivity index (χ3v) is 3.18. The van der Waals surface area contributed by atoms with Gasteiger partial charge in [0.1, 0.15) is 11.9 Å². The lowest BCUT2D eigenvalue weighted by molar-refractivity contribution is -0.216. The normalized spacial score (nSPS) is 25.6. The molecule has 1 aliphatic rings. The Labute approximate surface area is 92.8 Å². The molecule has 0 radical (unpaired) electrons. The number of aromatic nitrogens is 2. The molecule has 1 aromatic rings. The summed E-state index contributed by atoms with van der Waals surface area (Å²) in [4.78, 5) is 26.0. The first-order valence-electron chi connectivity index (χ1n) is 4.81. The predicted octanol–water partition coefficient (Wildman–Crippen LogP) is -1.05. The van der Waals surface area contributed by atoms with E-state index in [2.05, 4.69) is 4.98 Å². The molecule has 0 saturated carbocycles. The average Bonchev–Trinajstić information content (AvgIpc) is 2.22. The lowest BCUT2D eigenvalue weighted by atomic mass is 10.2. The second-order valence-corrected chi connectivity index (χ2v) is 4.44. The summed E-state index contributed by atoms with van der Waals surface area (Å²) in [5.41, 5.74) is 4.93. The minimum absolute atomic E-state index is 0.183. The second-order valence-electron chi connectivity index (χ2n) is 3.41. The Hall–Kier alpha value is -1.01. The van der Waals surface area contributed by atoms with Crippen LogP contribution in [0.3, 0.4) is 0 Å². The Morgan fingerprint density at radius 1 is 1.75 bits per heavy atom. The van der Waals surface area contributed by atoms with Crippen molar-refractivity contribution in [1.29, 1.82) is 0 Å². The molecule has 2 rings (SSSR count). The van der Waals surface area contributed by atoms with Gasteiger partial charge in [0.25, 0.3) is 0 Å². The van der Waals surface area contributed by atoms with E-state index < -0.39 is 14.3 Å². The molecule has 0 aliphatic carbocycles. The van der Waals surface area contributed by atoms with Crippen LogP contribution in [0, 0.1) is 0 Å². The van der Waals surface area contributed by atoms with Gasteiger partial charge in [-0.1, -0.05) is 0 Å². The number of anilines is 1. The van der Waals surface area contributed by atoms with Gasteiger partial charge in [0.15, 0.2) is 0 Å². The van der Waals surface area contributed by atoms with Crippen LogP contribution in [-0.2, 0) is 15.6 Å². The maximum atomic E-state index is 11.4. The van der Waals surface area contributed by atoms with Crippen LogP contribution in [0.4, 0.5) is 5.82 Å². The van der Waals surface area contributed by atoms with E-state index >= 15 is 0 Å². The van der Waals surface area contributed by atoms with Gasteiger partial charge in [0.05, 0.1) is 13.2 Å². The first kappa shape index (κ1) is 11.5. The van der Waals surface area contributed by atoms with Crippen molar-refractivity contribution >= 4 is 14.4 Å². The van der Waals surface area contributed by atoms with Gasteiger partial charge in [-0.2, -0.15) is 4.98 Å². The Morgan fingerprint density at radius 3 is 3.25 bits per heavy atom. The van der Waals surface area contributed by atoms with Crippen molar-refractivity contribution in [3.05, 3.63) is 22.7 Å². The third-order valence-electron chi connectivity index (χ3n) is 2.22. The number of rotatable bonds is 2. The zero-order chi connectivity index (χ0) is 11.5. The first-order chi connectivity index (χ1) is 7.65. The fraction of sp³-hybridized carbons (Fsp3) is 0.500. The molecule has 0 aromatic carbocycles. The highest BCUT2D eigenvalue weighted by Crippen LogP contribution is 2.35. The molecule has 2 heterocycles. The molecule has 1 fully saturated rings. The minimum Gasteiger partial charge on any atom is -0.633 e. The van der Waals surface area contributed by atoms with Crippen molar-refractivity contribution in [2.75, 3.05) is 12.3 Å². The van der Waals surface area contributed by atoms with Crippen LogP contribution in [0.1, 0.15) is 6.42 Å². The van der Waals surface area contributed by atoms with Gasteiger partial charge >= 0.3 is 5.69 Å². The van der Waals surface area contributed by atoms with Crippen molar-refractivity contribution < 1.29 is 13.9 Å². The number of hydrogen-bond acceptors (Lipinski definition) is 6. The van der Waals surface area contributed by atoms with Crippen molar-refractivity contribution in [3.8, 4) is 0 Å². The maximum absolute atomic E-state index is 11.4. The fourth-order valence-corrected chi connectivity index (χ4v) is 2.25. The smallest absolute Gasteiger partial charge is 0.349 e. The van der Waals surface area contributed by atoms with E-state index in [1.54, 1.807) is 6.20 Å². The Morgan fingerprint density at radius 2 is 2.56 bits per heavy atom. The number of nitrogens with two attached hydrogens (primary N) is 1. The quantitative estimate of drug-likeness (QED) is 0.667. The molecule has 1 aromatic heterocycles. The van der Waals surface area contributed by atoms with Crippen LogP contribution < -0.4 is 16.3 Å². The molecule has 0 bridgehead atoms. The summed E-state index contributed by atoms with van der Waals surface area (Å²) in [5, 5.41) is 0. The number of nitrogens with zero attached hydrogens (tertiary/aromatic N) is 2. The zero-order valence-corrected chi connectivity index (χ0v) is 9.46. The average molecular weight is 245 g/mol. The van der Waals surface area contributed by atoms with Gasteiger partial charge in [-0.25, -0.2) is 13.8 Å². The first-order valence-corrected chi connectivity index (χ1v) is 6.04. The van der Waals surface area contributed by atoms with Crippen LogP contribution in [-0.4, -0.2) is 22.3 Å². The molecule has 8 heteroatoms. The summed E-state index contributed by atoms with van der Waals surface area (Å²) < 4.78 is 11.3. The summed E-state index contributed by atoms with van der Waals surface area (Å²) in [6.07, 6.45) is 1.87. The molecular formula is C8H12N3O4P. The molecule has 2 N–H and O–H groups in total. The van der Waals surface area contributed by atoms with Crippen molar-refractivity contribution in [2.45, 2.75) is 19.1 Å². The molecule has 7 nitrogen and oxygen atoms in total. The van der Waals surface area contributed by atoms with E-state index in [0.29, 0.717) is 19.6 Å². The topological polar surface area (TPSA) is 102 Å². The minimum atomic E-state index is -2.39. The van der Waals surface area contributed by atoms with Gasteiger partial charge in [-0.15, -0.1) is 0 Å². The molecule has 16 heavy (non-hydrogen) atoms. The molecular weight excluding hydrogens is 233 g/mol. The van der Waals surface area contributed by atoms with Crippen LogP contribution in [0.2, 0.25) is 0 Å². The molecule has 1 aliphatic heterocycles. The van der Waals surface area contributed by atoms with Crippen LogP contribution in [0.25, 0.3) is 0 Å². The van der Waals surface area contributed by atoms with E-state index in [0.717, 1.165) is 0 Å².